The zero-order valence-electron chi connectivity index (χ0n) is 15.4. The van der Waals surface area contributed by atoms with Crippen LogP contribution in [0.2, 0.25) is 0 Å². The second-order valence-corrected chi connectivity index (χ2v) is 5.91. The van der Waals surface area contributed by atoms with Crippen molar-refractivity contribution in [3.05, 3.63) is 69.2 Å². The van der Waals surface area contributed by atoms with Crippen LogP contribution in [0.1, 0.15) is 15.9 Å². The summed E-state index contributed by atoms with van der Waals surface area (Å²) in [7, 11) is 2.69. The van der Waals surface area contributed by atoms with Gasteiger partial charge in [0.2, 0.25) is 5.78 Å². The third kappa shape index (κ3) is 3.64. The smallest absolute Gasteiger partial charge is 0.280 e. The molecule has 2 aromatic carbocycles. The number of hydrogen-bond acceptors (Lipinski definition) is 6. The second-order valence-electron chi connectivity index (χ2n) is 5.91. The predicted octanol–water partition coefficient (Wildman–Crippen LogP) is 4.02. The van der Waals surface area contributed by atoms with Crippen LogP contribution in [0.25, 0.3) is 17.0 Å². The Morgan fingerprint density at radius 2 is 1.93 bits per heavy atom. The molecule has 0 bridgehead atoms. The van der Waals surface area contributed by atoms with E-state index in [0.29, 0.717) is 10.9 Å². The van der Waals surface area contributed by atoms with E-state index in [9.17, 15) is 24.6 Å². The highest BCUT2D eigenvalue weighted by Gasteiger charge is 2.22. The Hall–Kier alpha value is -4.19. The molecule has 0 aliphatic heterocycles. The van der Waals surface area contributed by atoms with Crippen LogP contribution in [0, 0.1) is 27.3 Å². The number of carbonyl (C=O) groups is 1. The van der Waals surface area contributed by atoms with Crippen molar-refractivity contribution in [3.8, 4) is 17.6 Å². The molecule has 0 aliphatic rings. The van der Waals surface area contributed by atoms with E-state index in [1.165, 1.54) is 44.7 Å². The van der Waals surface area contributed by atoms with Crippen molar-refractivity contribution in [3.63, 3.8) is 0 Å². The topological polar surface area (TPSA) is 118 Å². The van der Waals surface area contributed by atoms with Gasteiger partial charge in [-0.15, -0.1) is 0 Å². The summed E-state index contributed by atoms with van der Waals surface area (Å²) in [5.74, 6) is -0.790. The molecule has 1 N–H and O–H groups in total. The zero-order chi connectivity index (χ0) is 21.1. The number of rotatable bonds is 6. The summed E-state index contributed by atoms with van der Waals surface area (Å²) < 4.78 is 23.6. The maximum atomic E-state index is 13.4. The van der Waals surface area contributed by atoms with Crippen LogP contribution >= 0.6 is 0 Å². The highest BCUT2D eigenvalue weighted by atomic mass is 19.1. The van der Waals surface area contributed by atoms with Gasteiger partial charge in [-0.3, -0.25) is 14.9 Å². The molecule has 0 saturated heterocycles. The summed E-state index contributed by atoms with van der Waals surface area (Å²) in [6.45, 7) is 0. The molecule has 1 heterocycles. The summed E-state index contributed by atoms with van der Waals surface area (Å²) in [5, 5.41) is 21.4. The van der Waals surface area contributed by atoms with Crippen LogP contribution in [0.3, 0.4) is 0 Å². The number of benzene rings is 2. The fraction of sp³-hybridized carbons (Fsp3) is 0.100. The molecule has 0 atom stereocenters. The lowest BCUT2D eigenvalue weighted by Gasteiger charge is -2.09. The molecular formula is C20H14FN3O5. The van der Waals surface area contributed by atoms with Gasteiger partial charge in [0.25, 0.3) is 5.69 Å². The lowest BCUT2D eigenvalue weighted by Crippen LogP contribution is -2.02. The average molecular weight is 395 g/mol. The van der Waals surface area contributed by atoms with E-state index in [0.717, 1.165) is 12.1 Å². The Morgan fingerprint density at radius 1 is 1.24 bits per heavy atom. The minimum absolute atomic E-state index is 0.00318. The van der Waals surface area contributed by atoms with Gasteiger partial charge in [0.05, 0.1) is 30.8 Å². The molecule has 3 aromatic rings. The number of methoxy groups -OCH3 is 2. The van der Waals surface area contributed by atoms with E-state index in [2.05, 4.69) is 4.98 Å². The molecule has 0 spiro atoms. The number of nitrogens with one attached hydrogen (secondary N) is 1. The van der Waals surface area contributed by atoms with Crippen LogP contribution in [-0.2, 0) is 0 Å². The number of aromatic amines is 1. The van der Waals surface area contributed by atoms with E-state index in [1.54, 1.807) is 6.07 Å². The summed E-state index contributed by atoms with van der Waals surface area (Å²) in [4.78, 5) is 26.4. The van der Waals surface area contributed by atoms with Crippen molar-refractivity contribution in [2.75, 3.05) is 14.2 Å². The lowest BCUT2D eigenvalue weighted by atomic mass is 10.0. The number of carbonyl (C=O) groups excluding carboxylic acids is 1. The van der Waals surface area contributed by atoms with Crippen molar-refractivity contribution in [1.82, 2.24) is 4.98 Å². The number of aromatic nitrogens is 1. The van der Waals surface area contributed by atoms with Crippen molar-refractivity contribution in [2.45, 2.75) is 0 Å². The largest absolute Gasteiger partial charge is 0.493 e. The zero-order valence-corrected chi connectivity index (χ0v) is 15.4. The number of ketones is 1. The number of halogens is 1. The van der Waals surface area contributed by atoms with Crippen LogP contribution in [0.15, 0.2) is 42.1 Å². The minimum Gasteiger partial charge on any atom is -0.493 e. The molecule has 0 fully saturated rings. The van der Waals surface area contributed by atoms with Crippen LogP contribution in [0.4, 0.5) is 10.1 Å². The van der Waals surface area contributed by atoms with Gasteiger partial charge in [0, 0.05) is 22.7 Å². The highest BCUT2D eigenvalue weighted by Crippen LogP contribution is 2.36. The molecule has 9 heteroatoms. The van der Waals surface area contributed by atoms with E-state index in [4.69, 9.17) is 9.47 Å². The molecule has 146 valence electrons. The molecule has 8 nitrogen and oxygen atoms in total. The first-order valence-electron chi connectivity index (χ1n) is 8.23. The van der Waals surface area contributed by atoms with Crippen LogP contribution in [-0.4, -0.2) is 29.9 Å². The molecule has 0 unspecified atom stereocenters. The molecule has 0 amide bonds. The Bertz CT molecular complexity index is 1210. The number of nitrogens with zero attached hydrogens (tertiary/aromatic N) is 2. The number of fused-ring (bicyclic) bond motifs is 1. The Labute approximate surface area is 163 Å². The van der Waals surface area contributed by atoms with Gasteiger partial charge in [-0.1, -0.05) is 0 Å². The summed E-state index contributed by atoms with van der Waals surface area (Å²) in [6, 6.07) is 8.08. The predicted molar refractivity (Wildman–Crippen MR) is 102 cm³/mol. The molecule has 0 saturated carbocycles. The third-order valence-electron chi connectivity index (χ3n) is 4.28. The molecule has 3 rings (SSSR count). The number of nitro benzene ring substituents is 1. The Kier molecular flexibility index (Phi) is 5.27. The van der Waals surface area contributed by atoms with Gasteiger partial charge in [0.15, 0.2) is 11.5 Å². The minimum atomic E-state index is -0.658. The van der Waals surface area contributed by atoms with Crippen molar-refractivity contribution >= 4 is 28.4 Å². The second kappa shape index (κ2) is 7.82. The normalized spacial score (nSPS) is 11.2. The number of allylic oxidation sites excluding steroid dienone is 1. The average Bonchev–Trinajstić information content (AvgIpc) is 3.13. The van der Waals surface area contributed by atoms with E-state index >= 15 is 0 Å². The lowest BCUT2D eigenvalue weighted by molar-refractivity contribution is -0.385. The van der Waals surface area contributed by atoms with E-state index in [1.807, 2.05) is 0 Å². The Balaban J connectivity index is 2.13. The van der Waals surface area contributed by atoms with Gasteiger partial charge in [-0.25, -0.2) is 4.39 Å². The number of nitro groups is 1. The molecule has 1 aromatic heterocycles. The van der Waals surface area contributed by atoms with Crippen LogP contribution < -0.4 is 9.47 Å². The third-order valence-corrected chi connectivity index (χ3v) is 4.28. The summed E-state index contributed by atoms with van der Waals surface area (Å²) >= 11 is 0. The molecule has 0 aliphatic carbocycles. The fourth-order valence-electron chi connectivity index (χ4n) is 2.89. The van der Waals surface area contributed by atoms with Crippen LogP contribution in [0.5, 0.6) is 11.5 Å². The molecule has 0 radical (unpaired) electrons. The summed E-state index contributed by atoms with van der Waals surface area (Å²) in [6.07, 6.45) is 2.48. The quantitative estimate of drug-likeness (QED) is 0.221. The number of ether oxygens (including phenoxy) is 2. The Morgan fingerprint density at radius 3 is 2.55 bits per heavy atom. The van der Waals surface area contributed by atoms with Crippen molar-refractivity contribution < 1.29 is 23.6 Å². The van der Waals surface area contributed by atoms with Gasteiger partial charge in [0.1, 0.15) is 17.5 Å². The van der Waals surface area contributed by atoms with Gasteiger partial charge in [-0.2, -0.15) is 5.26 Å². The monoisotopic (exact) mass is 395 g/mol. The number of hydrogen-bond donors (Lipinski definition) is 1. The van der Waals surface area contributed by atoms with Gasteiger partial charge in [-0.05, 0) is 30.3 Å². The number of Topliss-reactive ketones (excluding diaryl/α,β-unsaturated/α-hetero) is 1. The van der Waals surface area contributed by atoms with Crippen molar-refractivity contribution in [1.29, 1.82) is 5.26 Å². The first-order valence-corrected chi connectivity index (χ1v) is 8.23. The molecular weight excluding hydrogens is 381 g/mol. The first kappa shape index (κ1) is 19.6. The maximum absolute atomic E-state index is 13.4. The summed E-state index contributed by atoms with van der Waals surface area (Å²) in [5.41, 5.74) is -0.142. The maximum Gasteiger partial charge on any atom is 0.280 e. The van der Waals surface area contributed by atoms with Gasteiger partial charge >= 0.3 is 0 Å². The molecule has 29 heavy (non-hydrogen) atoms. The van der Waals surface area contributed by atoms with Gasteiger partial charge < -0.3 is 14.5 Å². The number of nitriles is 1. The van der Waals surface area contributed by atoms with Crippen molar-refractivity contribution in [2.24, 2.45) is 0 Å². The highest BCUT2D eigenvalue weighted by molar-refractivity contribution is 6.20. The number of H-pyrrole nitrogens is 1. The standard InChI is InChI=1S/C20H14FN3O5/c1-28-18-6-11(17(24(26)27)8-19(18)29-2)5-12(9-22)20(25)15-10-23-16-7-13(21)3-4-14(15)16/h3-8,10,23H,1-2H3/b12-5+. The van der Waals surface area contributed by atoms with E-state index in [-0.39, 0.29) is 33.9 Å². The SMILES string of the molecule is COc1cc(/C=C(\C#N)C(=O)c2c[nH]c3cc(F)ccc23)c([N+](=O)[O-])cc1OC. The first-order chi connectivity index (χ1) is 13.9. The fourth-order valence-corrected chi connectivity index (χ4v) is 2.89. The van der Waals surface area contributed by atoms with E-state index < -0.39 is 16.5 Å².